The molecule has 2 N–H and O–H groups in total. The SMILES string of the molecule is NC1CC(Cc2ccccc2)C1. The maximum Gasteiger partial charge on any atom is 0.00443 e. The molecule has 0 heterocycles. The second-order valence-corrected chi connectivity index (χ2v) is 3.79. The fourth-order valence-electron chi connectivity index (χ4n) is 1.90. The molecule has 0 spiro atoms. The molecule has 0 amide bonds. The first-order chi connectivity index (χ1) is 5.84. The van der Waals surface area contributed by atoms with Gasteiger partial charge in [0, 0.05) is 6.04 Å². The first-order valence-electron chi connectivity index (χ1n) is 4.64. The van der Waals surface area contributed by atoms with E-state index in [1.165, 1.54) is 24.8 Å². The fourth-order valence-corrected chi connectivity index (χ4v) is 1.90. The van der Waals surface area contributed by atoms with Gasteiger partial charge in [0.15, 0.2) is 0 Å². The molecule has 1 saturated carbocycles. The van der Waals surface area contributed by atoms with Gasteiger partial charge in [0.05, 0.1) is 0 Å². The summed E-state index contributed by atoms with van der Waals surface area (Å²) < 4.78 is 0. The molecule has 12 heavy (non-hydrogen) atoms. The Labute approximate surface area is 73.6 Å². The Balaban J connectivity index is 1.88. The van der Waals surface area contributed by atoms with Gasteiger partial charge in [0.1, 0.15) is 0 Å². The molecule has 0 saturated heterocycles. The highest BCUT2D eigenvalue weighted by Crippen LogP contribution is 2.28. The predicted molar refractivity (Wildman–Crippen MR) is 50.8 cm³/mol. The summed E-state index contributed by atoms with van der Waals surface area (Å²) in [5.74, 6) is 0.849. The molecule has 64 valence electrons. The van der Waals surface area contributed by atoms with Gasteiger partial charge in [0.25, 0.3) is 0 Å². The minimum atomic E-state index is 0.485. The topological polar surface area (TPSA) is 26.0 Å². The molecule has 0 unspecified atom stereocenters. The number of hydrogen-bond donors (Lipinski definition) is 1. The van der Waals surface area contributed by atoms with Gasteiger partial charge < -0.3 is 5.73 Å². The van der Waals surface area contributed by atoms with Gasteiger partial charge in [-0.2, -0.15) is 0 Å². The van der Waals surface area contributed by atoms with Crippen LogP contribution in [0.2, 0.25) is 0 Å². The number of hydrogen-bond acceptors (Lipinski definition) is 1. The minimum absolute atomic E-state index is 0.485. The van der Waals surface area contributed by atoms with E-state index >= 15 is 0 Å². The summed E-state index contributed by atoms with van der Waals surface area (Å²) in [6, 6.07) is 11.2. The van der Waals surface area contributed by atoms with Crippen molar-refractivity contribution in [3.8, 4) is 0 Å². The highest BCUT2D eigenvalue weighted by Gasteiger charge is 2.25. The van der Waals surface area contributed by atoms with E-state index in [0.717, 1.165) is 5.92 Å². The Bertz CT molecular complexity index is 236. The van der Waals surface area contributed by atoms with Gasteiger partial charge in [0.2, 0.25) is 0 Å². The van der Waals surface area contributed by atoms with E-state index < -0.39 is 0 Å². The fraction of sp³-hybridized carbons (Fsp3) is 0.455. The van der Waals surface area contributed by atoms with Gasteiger partial charge in [-0.1, -0.05) is 30.3 Å². The van der Waals surface area contributed by atoms with Crippen LogP contribution in [0.3, 0.4) is 0 Å². The summed E-state index contributed by atoms with van der Waals surface area (Å²) in [6.07, 6.45) is 3.65. The lowest BCUT2D eigenvalue weighted by Gasteiger charge is -2.32. The smallest absolute Gasteiger partial charge is 0.00443 e. The Kier molecular flexibility index (Phi) is 2.13. The molecule has 2 rings (SSSR count). The maximum atomic E-state index is 5.72. The van der Waals surface area contributed by atoms with Crippen LogP contribution < -0.4 is 5.73 Å². The first-order valence-corrected chi connectivity index (χ1v) is 4.64. The van der Waals surface area contributed by atoms with Crippen molar-refractivity contribution < 1.29 is 0 Å². The maximum absolute atomic E-state index is 5.72. The van der Waals surface area contributed by atoms with Crippen molar-refractivity contribution in [3.63, 3.8) is 0 Å². The van der Waals surface area contributed by atoms with E-state index in [9.17, 15) is 0 Å². The third-order valence-corrected chi connectivity index (χ3v) is 2.64. The summed E-state index contributed by atoms with van der Waals surface area (Å²) >= 11 is 0. The normalized spacial score (nSPS) is 28.1. The lowest BCUT2D eigenvalue weighted by molar-refractivity contribution is 0.264. The second-order valence-electron chi connectivity index (χ2n) is 3.79. The third kappa shape index (κ3) is 1.67. The van der Waals surface area contributed by atoms with Crippen molar-refractivity contribution in [2.75, 3.05) is 0 Å². The zero-order valence-electron chi connectivity index (χ0n) is 7.24. The highest BCUT2D eigenvalue weighted by atomic mass is 14.7. The molecular formula is C11H15N. The molecule has 0 bridgehead atoms. The molecule has 0 aromatic heterocycles. The van der Waals surface area contributed by atoms with E-state index in [4.69, 9.17) is 5.73 Å². The monoisotopic (exact) mass is 161 g/mol. The zero-order valence-corrected chi connectivity index (χ0v) is 7.24. The van der Waals surface area contributed by atoms with Crippen molar-refractivity contribution in [1.29, 1.82) is 0 Å². The van der Waals surface area contributed by atoms with Crippen LogP contribution in [-0.4, -0.2) is 6.04 Å². The molecule has 1 nitrogen and oxygen atoms in total. The first kappa shape index (κ1) is 7.81. The van der Waals surface area contributed by atoms with Gasteiger partial charge >= 0.3 is 0 Å². The van der Waals surface area contributed by atoms with Gasteiger partial charge in [-0.25, -0.2) is 0 Å². The lowest BCUT2D eigenvalue weighted by atomic mass is 9.77. The molecule has 1 aliphatic rings. The van der Waals surface area contributed by atoms with Crippen LogP contribution in [0, 0.1) is 5.92 Å². The molecular weight excluding hydrogens is 146 g/mol. The van der Waals surface area contributed by atoms with Crippen LogP contribution in [0.1, 0.15) is 18.4 Å². The standard InChI is InChI=1S/C11H15N/c12-11-7-10(8-11)6-9-4-2-1-3-5-9/h1-5,10-11H,6-8,12H2. The number of benzene rings is 1. The number of nitrogens with two attached hydrogens (primary N) is 1. The second kappa shape index (κ2) is 3.28. The summed E-state index contributed by atoms with van der Waals surface area (Å²) in [5.41, 5.74) is 7.18. The van der Waals surface area contributed by atoms with E-state index in [2.05, 4.69) is 30.3 Å². The van der Waals surface area contributed by atoms with Gasteiger partial charge in [-0.05, 0) is 30.7 Å². The molecule has 1 aromatic carbocycles. The molecule has 1 fully saturated rings. The Hall–Kier alpha value is -0.820. The third-order valence-electron chi connectivity index (χ3n) is 2.64. The summed E-state index contributed by atoms with van der Waals surface area (Å²) in [7, 11) is 0. The van der Waals surface area contributed by atoms with Crippen LogP contribution in [0.5, 0.6) is 0 Å². The Morgan fingerprint density at radius 2 is 1.83 bits per heavy atom. The van der Waals surface area contributed by atoms with Crippen molar-refractivity contribution in [1.82, 2.24) is 0 Å². The predicted octanol–water partition coefficient (Wildman–Crippen LogP) is 1.97. The lowest BCUT2D eigenvalue weighted by Crippen LogP contribution is -2.37. The van der Waals surface area contributed by atoms with Gasteiger partial charge in [-0.15, -0.1) is 0 Å². The van der Waals surface area contributed by atoms with E-state index in [-0.39, 0.29) is 0 Å². The average Bonchev–Trinajstić information content (AvgIpc) is 2.04. The van der Waals surface area contributed by atoms with E-state index in [1.54, 1.807) is 0 Å². The van der Waals surface area contributed by atoms with Gasteiger partial charge in [-0.3, -0.25) is 0 Å². The molecule has 1 aliphatic carbocycles. The van der Waals surface area contributed by atoms with Crippen LogP contribution >= 0.6 is 0 Å². The average molecular weight is 161 g/mol. The quantitative estimate of drug-likeness (QED) is 0.705. The molecule has 0 aliphatic heterocycles. The van der Waals surface area contributed by atoms with Crippen molar-refractivity contribution >= 4 is 0 Å². The molecule has 0 atom stereocenters. The summed E-state index contributed by atoms with van der Waals surface area (Å²) in [5, 5.41) is 0. The minimum Gasteiger partial charge on any atom is -0.328 e. The zero-order chi connectivity index (χ0) is 8.39. The number of rotatable bonds is 2. The Morgan fingerprint density at radius 1 is 1.17 bits per heavy atom. The molecule has 0 radical (unpaired) electrons. The summed E-state index contributed by atoms with van der Waals surface area (Å²) in [4.78, 5) is 0. The van der Waals surface area contributed by atoms with Crippen LogP contribution in [0.15, 0.2) is 30.3 Å². The van der Waals surface area contributed by atoms with Crippen LogP contribution in [-0.2, 0) is 6.42 Å². The molecule has 1 heteroatoms. The highest BCUT2D eigenvalue weighted by molar-refractivity contribution is 5.15. The van der Waals surface area contributed by atoms with Crippen LogP contribution in [0.4, 0.5) is 0 Å². The van der Waals surface area contributed by atoms with Crippen molar-refractivity contribution in [2.24, 2.45) is 11.7 Å². The van der Waals surface area contributed by atoms with Crippen molar-refractivity contribution in [2.45, 2.75) is 25.3 Å². The van der Waals surface area contributed by atoms with E-state index in [0.29, 0.717) is 6.04 Å². The largest absolute Gasteiger partial charge is 0.328 e. The van der Waals surface area contributed by atoms with Crippen LogP contribution in [0.25, 0.3) is 0 Å². The molecule has 1 aromatic rings. The Morgan fingerprint density at radius 3 is 2.42 bits per heavy atom. The van der Waals surface area contributed by atoms with E-state index in [1.807, 2.05) is 0 Å². The summed E-state index contributed by atoms with van der Waals surface area (Å²) in [6.45, 7) is 0. The van der Waals surface area contributed by atoms with Crippen molar-refractivity contribution in [3.05, 3.63) is 35.9 Å².